The number of fused-ring (bicyclic) bond motifs is 1. The van der Waals surface area contributed by atoms with Gasteiger partial charge < -0.3 is 14.0 Å². The Hall–Kier alpha value is -2.23. The molecule has 0 saturated carbocycles. The first-order valence-electron chi connectivity index (χ1n) is 7.99. The van der Waals surface area contributed by atoms with Gasteiger partial charge in [0.05, 0.1) is 25.0 Å². The van der Waals surface area contributed by atoms with Crippen LogP contribution in [0.15, 0.2) is 36.9 Å². The van der Waals surface area contributed by atoms with Crippen molar-refractivity contribution in [1.29, 1.82) is 0 Å². The molecule has 2 heterocycles. The Balaban J connectivity index is 2.14. The molecule has 0 bridgehead atoms. The zero-order valence-electron chi connectivity index (χ0n) is 14.4. The van der Waals surface area contributed by atoms with Crippen molar-refractivity contribution in [2.75, 3.05) is 7.11 Å². The second-order valence-electron chi connectivity index (χ2n) is 6.84. The number of nitrogens with zero attached hydrogens (tertiary/aromatic N) is 2. The number of rotatable bonds is 4. The molecule has 1 aromatic carbocycles. The molecule has 23 heavy (non-hydrogen) atoms. The van der Waals surface area contributed by atoms with Gasteiger partial charge in [0.15, 0.2) is 0 Å². The lowest BCUT2D eigenvalue weighted by Gasteiger charge is -2.31. The van der Waals surface area contributed by atoms with Gasteiger partial charge >= 0.3 is 0 Å². The summed E-state index contributed by atoms with van der Waals surface area (Å²) in [5.41, 5.74) is 1.86. The fraction of sp³-hybridized carbons (Fsp3) is 0.421. The fourth-order valence-corrected chi connectivity index (χ4v) is 3.21. The fourth-order valence-electron chi connectivity index (χ4n) is 3.21. The lowest BCUT2D eigenvalue weighted by Crippen LogP contribution is -2.28. The number of imidazole rings is 1. The molecule has 0 saturated heterocycles. The van der Waals surface area contributed by atoms with E-state index in [-0.39, 0.29) is 11.6 Å². The van der Waals surface area contributed by atoms with Crippen molar-refractivity contribution in [3.8, 4) is 11.5 Å². The third kappa shape index (κ3) is 2.85. The van der Waals surface area contributed by atoms with Crippen molar-refractivity contribution >= 4 is 6.08 Å². The van der Waals surface area contributed by atoms with E-state index in [9.17, 15) is 0 Å². The number of hydrogen-bond acceptors (Lipinski definition) is 3. The summed E-state index contributed by atoms with van der Waals surface area (Å²) in [5.74, 6) is 2.15. The molecule has 1 aromatic heterocycles. The molecule has 4 heteroatoms. The third-order valence-corrected chi connectivity index (χ3v) is 4.21. The van der Waals surface area contributed by atoms with Gasteiger partial charge in [-0.05, 0) is 44.1 Å². The molecule has 0 aliphatic carbocycles. The lowest BCUT2D eigenvalue weighted by atomic mass is 9.91. The van der Waals surface area contributed by atoms with E-state index in [1.807, 2.05) is 24.8 Å². The van der Waals surface area contributed by atoms with E-state index in [1.165, 1.54) is 0 Å². The first kappa shape index (κ1) is 15.7. The van der Waals surface area contributed by atoms with Gasteiger partial charge in [0.2, 0.25) is 0 Å². The molecule has 4 nitrogen and oxygen atoms in total. The Morgan fingerprint density at radius 1 is 1.26 bits per heavy atom. The highest BCUT2D eigenvalue weighted by Crippen LogP contribution is 2.43. The van der Waals surface area contributed by atoms with Crippen LogP contribution in [0.4, 0.5) is 0 Å². The van der Waals surface area contributed by atoms with E-state index in [0.29, 0.717) is 5.92 Å². The van der Waals surface area contributed by atoms with E-state index in [1.54, 1.807) is 7.11 Å². The summed E-state index contributed by atoms with van der Waals surface area (Å²) >= 11 is 0. The molecule has 1 aliphatic rings. The van der Waals surface area contributed by atoms with Gasteiger partial charge in [-0.2, -0.15) is 0 Å². The van der Waals surface area contributed by atoms with Crippen LogP contribution in [0.5, 0.6) is 11.5 Å². The molecule has 1 aliphatic heterocycles. The molecule has 122 valence electrons. The second kappa shape index (κ2) is 5.76. The molecule has 0 amide bonds. The van der Waals surface area contributed by atoms with Crippen molar-refractivity contribution in [1.82, 2.24) is 9.55 Å². The van der Waals surface area contributed by atoms with E-state index in [4.69, 9.17) is 9.47 Å². The minimum atomic E-state index is -0.290. The summed E-state index contributed by atoms with van der Waals surface area (Å²) in [6, 6.07) is 4.32. The topological polar surface area (TPSA) is 36.3 Å². The van der Waals surface area contributed by atoms with E-state index >= 15 is 0 Å². The summed E-state index contributed by atoms with van der Waals surface area (Å²) in [6.07, 6.45) is 9.85. The van der Waals surface area contributed by atoms with Crippen molar-refractivity contribution in [3.63, 3.8) is 0 Å². The highest BCUT2D eigenvalue weighted by Gasteiger charge is 2.28. The van der Waals surface area contributed by atoms with Crippen LogP contribution in [0.25, 0.3) is 6.08 Å². The highest BCUT2D eigenvalue weighted by molar-refractivity contribution is 5.69. The summed E-state index contributed by atoms with van der Waals surface area (Å²) < 4.78 is 14.0. The summed E-state index contributed by atoms with van der Waals surface area (Å²) in [5, 5.41) is 0. The molecular formula is C19H24N2O2. The number of aromatic nitrogens is 2. The SMILES string of the molecule is COc1c(C(C(C)C)n2ccnc2)ccc2c1C=CC(C)(C)O2. The minimum Gasteiger partial charge on any atom is -0.496 e. The molecule has 1 atom stereocenters. The molecular weight excluding hydrogens is 288 g/mol. The van der Waals surface area contributed by atoms with Crippen LogP contribution in [0, 0.1) is 5.92 Å². The van der Waals surface area contributed by atoms with Crippen LogP contribution < -0.4 is 9.47 Å². The normalized spacial score (nSPS) is 16.8. The summed E-state index contributed by atoms with van der Waals surface area (Å²) in [4.78, 5) is 4.20. The molecule has 2 aromatic rings. The maximum Gasteiger partial charge on any atom is 0.135 e. The first-order valence-corrected chi connectivity index (χ1v) is 7.99. The zero-order chi connectivity index (χ0) is 16.6. The van der Waals surface area contributed by atoms with Gasteiger partial charge in [-0.25, -0.2) is 4.98 Å². The molecule has 0 fully saturated rings. The minimum absolute atomic E-state index is 0.168. The summed E-state index contributed by atoms with van der Waals surface area (Å²) in [6.45, 7) is 8.52. The van der Waals surface area contributed by atoms with Crippen LogP contribution in [0.3, 0.4) is 0 Å². The number of ether oxygens (including phenoxy) is 2. The van der Waals surface area contributed by atoms with Crippen molar-refractivity contribution in [2.45, 2.75) is 39.3 Å². The lowest BCUT2D eigenvalue weighted by molar-refractivity contribution is 0.158. The van der Waals surface area contributed by atoms with Crippen LogP contribution >= 0.6 is 0 Å². The standard InChI is InChI=1S/C19H24N2O2/c1-13(2)17(21-11-10-20-12-21)15-6-7-16-14(18(15)22-5)8-9-19(3,4)23-16/h6-13,17H,1-5H3. The van der Waals surface area contributed by atoms with Gasteiger partial charge in [0, 0.05) is 18.0 Å². The molecule has 3 rings (SSSR count). The van der Waals surface area contributed by atoms with Gasteiger partial charge in [-0.15, -0.1) is 0 Å². The largest absolute Gasteiger partial charge is 0.496 e. The predicted octanol–water partition coefficient (Wildman–Crippen LogP) is 4.32. The Labute approximate surface area is 137 Å². The van der Waals surface area contributed by atoms with Gasteiger partial charge in [-0.3, -0.25) is 0 Å². The van der Waals surface area contributed by atoms with Gasteiger partial charge in [0.25, 0.3) is 0 Å². The Morgan fingerprint density at radius 3 is 2.65 bits per heavy atom. The maximum absolute atomic E-state index is 6.06. The molecule has 1 unspecified atom stereocenters. The number of methoxy groups -OCH3 is 1. The first-order chi connectivity index (χ1) is 10.9. The van der Waals surface area contributed by atoms with E-state index in [2.05, 4.69) is 55.5 Å². The molecule has 0 N–H and O–H groups in total. The monoisotopic (exact) mass is 312 g/mol. The number of benzene rings is 1. The van der Waals surface area contributed by atoms with Crippen LogP contribution in [-0.4, -0.2) is 22.3 Å². The van der Waals surface area contributed by atoms with Crippen molar-refractivity contribution in [3.05, 3.63) is 48.1 Å². The average molecular weight is 312 g/mol. The van der Waals surface area contributed by atoms with Crippen LogP contribution in [0.1, 0.15) is 44.9 Å². The van der Waals surface area contributed by atoms with Crippen LogP contribution in [0.2, 0.25) is 0 Å². The quantitative estimate of drug-likeness (QED) is 0.843. The maximum atomic E-state index is 6.06. The van der Waals surface area contributed by atoms with Crippen LogP contribution in [-0.2, 0) is 0 Å². The smallest absolute Gasteiger partial charge is 0.135 e. The Kier molecular flexibility index (Phi) is 3.92. The Bertz CT molecular complexity index is 715. The van der Waals surface area contributed by atoms with Crippen molar-refractivity contribution < 1.29 is 9.47 Å². The molecule has 0 radical (unpaired) electrons. The summed E-state index contributed by atoms with van der Waals surface area (Å²) in [7, 11) is 1.72. The highest BCUT2D eigenvalue weighted by atomic mass is 16.5. The number of hydrogen-bond donors (Lipinski definition) is 0. The van der Waals surface area contributed by atoms with E-state index < -0.39 is 0 Å². The second-order valence-corrected chi connectivity index (χ2v) is 6.84. The van der Waals surface area contributed by atoms with E-state index in [0.717, 1.165) is 22.6 Å². The van der Waals surface area contributed by atoms with Crippen molar-refractivity contribution in [2.24, 2.45) is 5.92 Å². The zero-order valence-corrected chi connectivity index (χ0v) is 14.4. The predicted molar refractivity (Wildman–Crippen MR) is 91.9 cm³/mol. The third-order valence-electron chi connectivity index (χ3n) is 4.21. The van der Waals surface area contributed by atoms with Gasteiger partial charge in [-0.1, -0.05) is 13.8 Å². The Morgan fingerprint density at radius 2 is 2.04 bits per heavy atom. The molecule has 0 spiro atoms. The average Bonchev–Trinajstić information content (AvgIpc) is 3.00. The van der Waals surface area contributed by atoms with Gasteiger partial charge in [0.1, 0.15) is 17.1 Å².